The van der Waals surface area contributed by atoms with Crippen LogP contribution < -0.4 is 4.90 Å². The monoisotopic (exact) mass is 895 g/mol. The summed E-state index contributed by atoms with van der Waals surface area (Å²) >= 11 is 8.99. The smallest absolute Gasteiger partial charge is 0.260 e. The molecule has 0 saturated carbocycles. The molecule has 0 aliphatic carbocycles. The Labute approximate surface area is 345 Å². The van der Waals surface area contributed by atoms with E-state index < -0.39 is 0 Å². The number of ether oxygens (including phenoxy) is 1. The normalized spacial score (nSPS) is 16.0. The molecule has 0 spiro atoms. The third-order valence-corrected chi connectivity index (χ3v) is 13.2. The minimum Gasteiger partial charge on any atom is -0.379 e. The fourth-order valence-corrected chi connectivity index (χ4v) is 9.65. The molecular formula is C43H40ClIN7O3P. The first-order valence-corrected chi connectivity index (χ1v) is 23.0. The zero-order valence-corrected chi connectivity index (χ0v) is 35.0. The largest absolute Gasteiger partial charge is 0.379 e. The van der Waals surface area contributed by atoms with Crippen molar-refractivity contribution in [3.8, 4) is 17.3 Å². The summed E-state index contributed by atoms with van der Waals surface area (Å²) in [6.45, 7) is 6.40. The van der Waals surface area contributed by atoms with Crippen molar-refractivity contribution < 1.29 is 14.3 Å². The van der Waals surface area contributed by atoms with Gasteiger partial charge in [0.25, 0.3) is 11.8 Å². The molecule has 2 atom stereocenters. The molecule has 8 rings (SSSR count). The fourth-order valence-electron chi connectivity index (χ4n) is 7.93. The van der Waals surface area contributed by atoms with Crippen LogP contribution >= 0.6 is 40.0 Å². The second kappa shape index (κ2) is 16.5. The lowest BCUT2D eigenvalue weighted by Gasteiger charge is -2.40. The van der Waals surface area contributed by atoms with Crippen molar-refractivity contribution in [3.63, 3.8) is 0 Å². The number of carbonyl (C=O) groups is 2. The lowest BCUT2D eigenvalue weighted by atomic mass is 9.92. The summed E-state index contributed by atoms with van der Waals surface area (Å²) in [7, 11) is 1.91. The van der Waals surface area contributed by atoms with Gasteiger partial charge in [0.05, 0.1) is 55.0 Å². The molecule has 2 amide bonds. The summed E-state index contributed by atoms with van der Waals surface area (Å²) in [6.07, 6.45) is 3.01. The molecule has 2 aliphatic heterocycles. The first kappa shape index (κ1) is 38.3. The Morgan fingerprint density at radius 3 is 2.55 bits per heavy atom. The number of nitrogens with zero attached hydrogens (tertiary/aromatic N) is 7. The van der Waals surface area contributed by atoms with E-state index in [0.717, 1.165) is 53.8 Å². The number of aromatic nitrogens is 3. The van der Waals surface area contributed by atoms with Crippen LogP contribution in [0.25, 0.3) is 22.2 Å². The lowest BCUT2D eigenvalue weighted by Crippen LogP contribution is -2.52. The number of morpholine rings is 1. The number of halogens is 2. The minimum atomic E-state index is -0.229. The quantitative estimate of drug-likeness (QED) is 0.107. The van der Waals surface area contributed by atoms with Crippen LogP contribution in [0.5, 0.6) is 0 Å². The molecule has 0 radical (unpaired) electrons. The molecule has 1 fully saturated rings. The van der Waals surface area contributed by atoms with E-state index in [4.69, 9.17) is 16.3 Å². The van der Waals surface area contributed by atoms with Crippen molar-refractivity contribution in [3.05, 3.63) is 141 Å². The Bertz CT molecular complexity index is 2510. The summed E-state index contributed by atoms with van der Waals surface area (Å²) in [5, 5.41) is 15.9. The van der Waals surface area contributed by atoms with E-state index in [0.29, 0.717) is 64.8 Å². The molecule has 0 N–H and O–H groups in total. The fraction of sp³-hybridized carbons (Fsp3) is 0.256. The molecule has 4 aromatic carbocycles. The topological polar surface area (TPSA) is 99.6 Å². The van der Waals surface area contributed by atoms with Gasteiger partial charge in [-0.3, -0.25) is 14.5 Å². The Kier molecular flexibility index (Phi) is 11.3. The van der Waals surface area contributed by atoms with E-state index in [1.54, 1.807) is 17.0 Å². The molecule has 56 heavy (non-hydrogen) atoms. The van der Waals surface area contributed by atoms with E-state index in [-0.39, 0.29) is 24.4 Å². The number of hydrogen-bond acceptors (Lipinski definition) is 6. The number of fused-ring (bicyclic) bond motifs is 2. The van der Waals surface area contributed by atoms with E-state index in [1.165, 1.54) is 5.56 Å². The third kappa shape index (κ3) is 7.49. The first-order valence-electron chi connectivity index (χ1n) is 18.5. The van der Waals surface area contributed by atoms with E-state index in [1.807, 2.05) is 94.8 Å². The van der Waals surface area contributed by atoms with Gasteiger partial charge >= 0.3 is 0 Å². The molecule has 0 bridgehead atoms. The number of rotatable bonds is 9. The molecule has 10 nitrogen and oxygen atoms in total. The van der Waals surface area contributed by atoms with E-state index in [2.05, 4.69) is 56.3 Å². The average Bonchev–Trinajstić information content (AvgIpc) is 3.78. The molecule has 2 aliphatic rings. The van der Waals surface area contributed by atoms with Gasteiger partial charge in [-0.25, -0.2) is 4.45 Å². The average molecular weight is 896 g/mol. The van der Waals surface area contributed by atoms with Crippen molar-refractivity contribution in [2.24, 2.45) is 7.05 Å². The number of amides is 2. The van der Waals surface area contributed by atoms with Crippen molar-refractivity contribution in [2.45, 2.75) is 32.5 Å². The highest BCUT2D eigenvalue weighted by Gasteiger charge is 2.34. The number of hydrogen-bond donors (Lipinski definition) is 0. The van der Waals surface area contributed by atoms with Gasteiger partial charge < -0.3 is 19.1 Å². The van der Waals surface area contributed by atoms with Gasteiger partial charge in [0.1, 0.15) is 0 Å². The van der Waals surface area contributed by atoms with Gasteiger partial charge in [-0.2, -0.15) is 10.4 Å². The zero-order chi connectivity index (χ0) is 38.9. The maximum atomic E-state index is 14.9. The van der Waals surface area contributed by atoms with Crippen molar-refractivity contribution in [2.75, 3.05) is 37.7 Å². The predicted octanol–water partition coefficient (Wildman–Crippen LogP) is 8.41. The van der Waals surface area contributed by atoms with Crippen LogP contribution in [0.1, 0.15) is 48.7 Å². The second-order valence-electron chi connectivity index (χ2n) is 14.3. The molecule has 2 unspecified atom stereocenters. The van der Waals surface area contributed by atoms with E-state index >= 15 is 0 Å². The maximum absolute atomic E-state index is 14.9. The van der Waals surface area contributed by atoms with Gasteiger partial charge in [-0.1, -0.05) is 54.1 Å². The number of nitriles is 1. The highest BCUT2D eigenvalue weighted by Crippen LogP contribution is 2.36. The summed E-state index contributed by atoms with van der Waals surface area (Å²) in [4.78, 5) is 36.0. The highest BCUT2D eigenvalue weighted by atomic mass is 127. The van der Waals surface area contributed by atoms with Crippen LogP contribution in [-0.2, 0) is 31.3 Å². The van der Waals surface area contributed by atoms with Gasteiger partial charge in [-0.05, 0) is 101 Å². The zero-order valence-electron chi connectivity index (χ0n) is 31.1. The number of anilines is 1. The van der Waals surface area contributed by atoms with Crippen LogP contribution in [0.2, 0.25) is 5.02 Å². The summed E-state index contributed by atoms with van der Waals surface area (Å²) < 4.78 is 9.52. The molecule has 1 saturated heterocycles. The molecule has 284 valence electrons. The molecule has 2 aromatic heterocycles. The van der Waals surface area contributed by atoms with Gasteiger partial charge in [0.2, 0.25) is 0 Å². The first-order chi connectivity index (χ1) is 27.2. The minimum absolute atomic E-state index is 0.0297. The van der Waals surface area contributed by atoms with Crippen LogP contribution in [0.15, 0.2) is 97.2 Å². The van der Waals surface area contributed by atoms with E-state index in [9.17, 15) is 14.9 Å². The summed E-state index contributed by atoms with van der Waals surface area (Å²) in [6, 6.07) is 31.1. The van der Waals surface area contributed by atoms with Gasteiger partial charge in [-0.15, -0.1) is 0 Å². The Morgan fingerprint density at radius 2 is 1.77 bits per heavy atom. The molecule has 6 aromatic rings. The van der Waals surface area contributed by atoms with Crippen molar-refractivity contribution in [1.29, 1.82) is 5.26 Å². The summed E-state index contributed by atoms with van der Waals surface area (Å²) in [5.74, 6) is -0.306. The molecular weight excluding hydrogens is 856 g/mol. The maximum Gasteiger partial charge on any atom is 0.260 e. The molecule has 4 heterocycles. The SMILES string of the molecule is Cc1c(C(=O)N(Cc2ccccc2C#N)c2ccc3c(cnn3PI)c2)cc(-c2cc(Cl)ccc2C(=O)N2Cc3ccccc3CC2CN2CCOCC2)n1C. The van der Waals surface area contributed by atoms with Crippen LogP contribution in [0, 0.1) is 18.3 Å². The second-order valence-corrected chi connectivity index (χ2v) is 16.8. The lowest BCUT2D eigenvalue weighted by molar-refractivity contribution is 0.0193. The van der Waals surface area contributed by atoms with Gasteiger partial charge in [0, 0.05) is 77.9 Å². The standard InChI is InChI=1S/C43H40ClIN7O3P/c1-28-38(43(54)50(26-32-10-6-4-8-30(32)23-46)35-12-14-40-33(20-35)24-47-52(40)56-45)22-41(48(28)2)39-21-34(44)11-13-37(39)42(53)51-25-31-9-5-3-7-29(31)19-36(51)27-49-15-17-55-18-16-49/h3-14,20-22,24,36,56H,15-19,25-27H2,1-2H3. The summed E-state index contributed by atoms with van der Waals surface area (Å²) in [5.41, 5.74) is 8.43. The number of carbonyl (C=O) groups excluding carboxylic acids is 2. The Balaban J connectivity index is 1.18. The number of benzene rings is 4. The van der Waals surface area contributed by atoms with Crippen LogP contribution in [-0.4, -0.2) is 74.6 Å². The Morgan fingerprint density at radius 1 is 1.00 bits per heavy atom. The third-order valence-electron chi connectivity index (χ3n) is 11.1. The van der Waals surface area contributed by atoms with Crippen molar-refractivity contribution in [1.82, 2.24) is 23.9 Å². The molecule has 13 heteroatoms. The highest BCUT2D eigenvalue weighted by molar-refractivity contribution is 14.2. The predicted molar refractivity (Wildman–Crippen MR) is 231 cm³/mol. The van der Waals surface area contributed by atoms with Crippen LogP contribution in [0.3, 0.4) is 0 Å². The Hall–Kier alpha value is -4.57. The van der Waals surface area contributed by atoms with Gasteiger partial charge in [0.15, 0.2) is 0 Å². The van der Waals surface area contributed by atoms with Crippen LogP contribution in [0.4, 0.5) is 5.69 Å². The van der Waals surface area contributed by atoms with Crippen molar-refractivity contribution >= 4 is 68.4 Å².